The fourth-order valence-electron chi connectivity index (χ4n) is 1.64. The van der Waals surface area contributed by atoms with E-state index in [0.29, 0.717) is 0 Å². The van der Waals surface area contributed by atoms with Crippen LogP contribution in [0.1, 0.15) is 5.56 Å². The van der Waals surface area contributed by atoms with Gasteiger partial charge in [0.2, 0.25) is 0 Å². The molecule has 0 aliphatic carbocycles. The van der Waals surface area contributed by atoms with Gasteiger partial charge in [-0.2, -0.15) is 10.2 Å². The zero-order valence-corrected chi connectivity index (χ0v) is 11.0. The van der Waals surface area contributed by atoms with E-state index in [2.05, 4.69) is 21.2 Å². The van der Waals surface area contributed by atoms with Crippen molar-refractivity contribution in [2.75, 3.05) is 19.0 Å². The summed E-state index contributed by atoms with van der Waals surface area (Å²) >= 11 is 0. The van der Waals surface area contributed by atoms with Gasteiger partial charge in [0.1, 0.15) is 0 Å². The van der Waals surface area contributed by atoms with Crippen molar-refractivity contribution in [3.05, 3.63) is 54.1 Å². The van der Waals surface area contributed by atoms with Crippen molar-refractivity contribution in [1.29, 1.82) is 0 Å². The van der Waals surface area contributed by atoms with E-state index in [1.165, 1.54) is 5.69 Å². The highest BCUT2D eigenvalue weighted by atomic mass is 15.1. The van der Waals surface area contributed by atoms with Crippen LogP contribution in [0.25, 0.3) is 0 Å². The summed E-state index contributed by atoms with van der Waals surface area (Å²) in [5.74, 6) is 0. The number of hydrogen-bond acceptors (Lipinski definition) is 3. The molecule has 0 saturated heterocycles. The Bertz CT molecular complexity index is 545. The fourth-order valence-corrected chi connectivity index (χ4v) is 1.64. The summed E-state index contributed by atoms with van der Waals surface area (Å²) < 4.78 is 0. The highest BCUT2D eigenvalue weighted by Gasteiger charge is 2.00. The lowest BCUT2D eigenvalue weighted by Crippen LogP contribution is -2.08. The van der Waals surface area contributed by atoms with Crippen molar-refractivity contribution < 1.29 is 0 Å². The molecular formula is C15H17N3. The quantitative estimate of drug-likeness (QED) is 0.726. The Morgan fingerprint density at radius 2 is 1.61 bits per heavy atom. The minimum absolute atomic E-state index is 0.869. The highest BCUT2D eigenvalue weighted by Crippen LogP contribution is 2.25. The molecule has 0 amide bonds. The van der Waals surface area contributed by atoms with Gasteiger partial charge in [0.05, 0.1) is 11.4 Å². The van der Waals surface area contributed by atoms with Crippen LogP contribution in [0.5, 0.6) is 0 Å². The van der Waals surface area contributed by atoms with E-state index in [1.807, 2.05) is 63.5 Å². The molecule has 2 aromatic carbocycles. The maximum absolute atomic E-state index is 4.28. The van der Waals surface area contributed by atoms with Gasteiger partial charge in [-0.05, 0) is 42.8 Å². The average Bonchev–Trinajstić information content (AvgIpc) is 2.38. The van der Waals surface area contributed by atoms with E-state index >= 15 is 0 Å². The number of rotatable bonds is 3. The third kappa shape index (κ3) is 2.94. The molecule has 2 rings (SSSR count). The number of aryl methyl sites for hydroxylation is 1. The van der Waals surface area contributed by atoms with Gasteiger partial charge in [0, 0.05) is 19.8 Å². The van der Waals surface area contributed by atoms with Gasteiger partial charge in [-0.15, -0.1) is 0 Å². The van der Waals surface area contributed by atoms with Gasteiger partial charge < -0.3 is 4.90 Å². The largest absolute Gasteiger partial charge is 0.378 e. The molecule has 0 atom stereocenters. The lowest BCUT2D eigenvalue weighted by atomic mass is 10.2. The summed E-state index contributed by atoms with van der Waals surface area (Å²) in [6.07, 6.45) is 0. The van der Waals surface area contributed by atoms with Gasteiger partial charge in [0.15, 0.2) is 0 Å². The van der Waals surface area contributed by atoms with Crippen molar-refractivity contribution in [3.8, 4) is 0 Å². The molecule has 0 aliphatic heterocycles. The number of azo groups is 1. The van der Waals surface area contributed by atoms with Crippen molar-refractivity contribution in [2.45, 2.75) is 6.92 Å². The third-order valence-corrected chi connectivity index (χ3v) is 2.73. The van der Waals surface area contributed by atoms with Crippen LogP contribution in [-0.4, -0.2) is 14.1 Å². The van der Waals surface area contributed by atoms with E-state index in [0.717, 1.165) is 16.9 Å². The van der Waals surface area contributed by atoms with Crippen molar-refractivity contribution in [3.63, 3.8) is 0 Å². The van der Waals surface area contributed by atoms with Crippen molar-refractivity contribution in [2.24, 2.45) is 10.2 Å². The molecule has 0 spiro atoms. The predicted molar refractivity (Wildman–Crippen MR) is 76.1 cm³/mol. The van der Waals surface area contributed by atoms with E-state index in [9.17, 15) is 0 Å². The Balaban J connectivity index is 2.22. The Morgan fingerprint density at radius 3 is 2.22 bits per heavy atom. The molecule has 0 radical (unpaired) electrons. The molecule has 0 aliphatic rings. The van der Waals surface area contributed by atoms with Crippen LogP contribution in [0.2, 0.25) is 0 Å². The van der Waals surface area contributed by atoms with Crippen LogP contribution >= 0.6 is 0 Å². The van der Waals surface area contributed by atoms with Crippen molar-refractivity contribution >= 4 is 17.1 Å². The molecule has 0 saturated carbocycles. The molecule has 0 aromatic heterocycles. The number of nitrogens with zero attached hydrogens (tertiary/aromatic N) is 3. The lowest BCUT2D eigenvalue weighted by molar-refractivity contribution is 1.12. The van der Waals surface area contributed by atoms with Gasteiger partial charge in [-0.3, -0.25) is 0 Å². The van der Waals surface area contributed by atoms with Gasteiger partial charge in [0.25, 0.3) is 0 Å². The summed E-state index contributed by atoms with van der Waals surface area (Å²) in [6.45, 7) is 2.05. The van der Waals surface area contributed by atoms with E-state index in [1.54, 1.807) is 0 Å². The second-order valence-electron chi connectivity index (χ2n) is 4.40. The standard InChI is InChI=1S/C15H17N3/c1-12-11-14(18(2)3)9-10-15(12)17-16-13-7-5-4-6-8-13/h4-11H,1-3H3/b17-16+. The summed E-state index contributed by atoms with van der Waals surface area (Å²) in [4.78, 5) is 2.07. The molecule has 2 aromatic rings. The number of hydrogen-bond donors (Lipinski definition) is 0. The molecule has 0 bridgehead atoms. The Labute approximate surface area is 108 Å². The van der Waals surface area contributed by atoms with E-state index in [4.69, 9.17) is 0 Å². The third-order valence-electron chi connectivity index (χ3n) is 2.73. The fraction of sp³-hybridized carbons (Fsp3) is 0.200. The normalized spacial score (nSPS) is 10.8. The molecule has 0 N–H and O–H groups in total. The molecule has 0 heterocycles. The molecule has 18 heavy (non-hydrogen) atoms. The van der Waals surface area contributed by atoms with Crippen LogP contribution in [0.15, 0.2) is 58.8 Å². The first kappa shape index (κ1) is 12.3. The first-order chi connectivity index (χ1) is 8.66. The molecule has 92 valence electrons. The SMILES string of the molecule is Cc1cc(N(C)C)ccc1/N=N/c1ccccc1. The minimum Gasteiger partial charge on any atom is -0.378 e. The lowest BCUT2D eigenvalue weighted by Gasteiger charge is -2.13. The summed E-state index contributed by atoms with van der Waals surface area (Å²) in [5.41, 5.74) is 4.07. The second kappa shape index (κ2) is 5.45. The highest BCUT2D eigenvalue weighted by molar-refractivity contribution is 5.57. The van der Waals surface area contributed by atoms with Crippen LogP contribution in [0, 0.1) is 6.92 Å². The van der Waals surface area contributed by atoms with Crippen molar-refractivity contribution in [1.82, 2.24) is 0 Å². The van der Waals surface area contributed by atoms with Crippen LogP contribution in [0.3, 0.4) is 0 Å². The van der Waals surface area contributed by atoms with Crippen LogP contribution in [-0.2, 0) is 0 Å². The molecular weight excluding hydrogens is 222 g/mol. The summed E-state index contributed by atoms with van der Waals surface area (Å²) in [6, 6.07) is 15.9. The second-order valence-corrected chi connectivity index (χ2v) is 4.40. The average molecular weight is 239 g/mol. The zero-order valence-electron chi connectivity index (χ0n) is 11.0. The molecule has 0 fully saturated rings. The Kier molecular flexibility index (Phi) is 3.72. The minimum atomic E-state index is 0.869. The van der Waals surface area contributed by atoms with E-state index < -0.39 is 0 Å². The smallest absolute Gasteiger partial charge is 0.0887 e. The summed E-state index contributed by atoms with van der Waals surface area (Å²) in [5, 5.41) is 8.51. The Hall–Kier alpha value is -2.16. The maximum atomic E-state index is 4.28. The maximum Gasteiger partial charge on any atom is 0.0887 e. The molecule has 0 unspecified atom stereocenters. The van der Waals surface area contributed by atoms with Gasteiger partial charge in [-0.1, -0.05) is 18.2 Å². The molecule has 3 nitrogen and oxygen atoms in total. The topological polar surface area (TPSA) is 28.0 Å². The number of anilines is 1. The Morgan fingerprint density at radius 1 is 0.889 bits per heavy atom. The summed E-state index contributed by atoms with van der Waals surface area (Å²) in [7, 11) is 4.06. The van der Waals surface area contributed by atoms with Crippen LogP contribution in [0.4, 0.5) is 17.1 Å². The van der Waals surface area contributed by atoms with E-state index in [-0.39, 0.29) is 0 Å². The van der Waals surface area contributed by atoms with Gasteiger partial charge >= 0.3 is 0 Å². The predicted octanol–water partition coefficient (Wildman–Crippen LogP) is 4.48. The monoisotopic (exact) mass is 239 g/mol. The van der Waals surface area contributed by atoms with Crippen LogP contribution < -0.4 is 4.90 Å². The first-order valence-corrected chi connectivity index (χ1v) is 5.91. The molecule has 3 heteroatoms. The number of benzene rings is 2. The van der Waals surface area contributed by atoms with Gasteiger partial charge in [-0.25, -0.2) is 0 Å². The first-order valence-electron chi connectivity index (χ1n) is 5.91. The zero-order chi connectivity index (χ0) is 13.0.